The number of nitrogens with zero attached hydrogens (tertiary/aromatic N) is 2. The number of benzene rings is 1. The van der Waals surface area contributed by atoms with E-state index in [9.17, 15) is 13.2 Å². The van der Waals surface area contributed by atoms with E-state index in [4.69, 9.17) is 5.26 Å². The average Bonchev–Trinajstić information content (AvgIpc) is 2.47. The van der Waals surface area contributed by atoms with Crippen LogP contribution in [0.15, 0.2) is 18.2 Å². The Balaban J connectivity index is 1.79. The van der Waals surface area contributed by atoms with Gasteiger partial charge in [0.25, 0.3) is 0 Å². The summed E-state index contributed by atoms with van der Waals surface area (Å²) in [6.45, 7) is 3.15. The topological polar surface area (TPSA) is 39.1 Å². The zero-order valence-corrected chi connectivity index (χ0v) is 11.5. The van der Waals surface area contributed by atoms with E-state index in [2.05, 4.69) is 10.2 Å². The number of halogens is 3. The van der Waals surface area contributed by atoms with Crippen molar-refractivity contribution in [2.45, 2.75) is 25.1 Å². The summed E-state index contributed by atoms with van der Waals surface area (Å²) in [5, 5.41) is 12.2. The van der Waals surface area contributed by atoms with E-state index in [1.54, 1.807) is 6.07 Å². The van der Waals surface area contributed by atoms with Crippen LogP contribution in [0.5, 0.6) is 0 Å². The summed E-state index contributed by atoms with van der Waals surface area (Å²) >= 11 is 0. The van der Waals surface area contributed by atoms with Gasteiger partial charge in [-0.25, -0.2) is 0 Å². The van der Waals surface area contributed by atoms with E-state index in [1.807, 2.05) is 0 Å². The molecule has 3 aliphatic heterocycles. The van der Waals surface area contributed by atoms with Crippen LogP contribution in [0.4, 0.5) is 18.9 Å². The number of hydrogen-bond acceptors (Lipinski definition) is 3. The highest BCUT2D eigenvalue weighted by atomic mass is 19.4. The van der Waals surface area contributed by atoms with Gasteiger partial charge in [0.05, 0.1) is 17.2 Å². The van der Waals surface area contributed by atoms with Crippen molar-refractivity contribution in [2.24, 2.45) is 5.92 Å². The predicted octanol–water partition coefficient (Wildman–Crippen LogP) is 3.08. The Kier molecular flexibility index (Phi) is 3.54. The fraction of sp³-hybridized carbons (Fsp3) is 0.533. The van der Waals surface area contributed by atoms with Crippen LogP contribution >= 0.6 is 0 Å². The van der Waals surface area contributed by atoms with Gasteiger partial charge in [0.15, 0.2) is 0 Å². The number of alkyl halides is 3. The molecule has 1 unspecified atom stereocenters. The minimum absolute atomic E-state index is 0.260. The first kappa shape index (κ1) is 14.2. The van der Waals surface area contributed by atoms with Crippen molar-refractivity contribution >= 4 is 5.69 Å². The highest BCUT2D eigenvalue weighted by Gasteiger charge is 2.35. The van der Waals surface area contributed by atoms with E-state index in [0.717, 1.165) is 38.5 Å². The molecular weight excluding hydrogens is 279 g/mol. The summed E-state index contributed by atoms with van der Waals surface area (Å²) in [5.41, 5.74) is -0.600. The fourth-order valence-corrected chi connectivity index (χ4v) is 3.32. The summed E-state index contributed by atoms with van der Waals surface area (Å²) in [5.74, 6) is 0.572. The lowest BCUT2D eigenvalue weighted by Crippen LogP contribution is -2.53. The minimum Gasteiger partial charge on any atom is -0.381 e. The Bertz CT molecular complexity index is 569. The SMILES string of the molecule is N#Cc1cc(NC2CN3CCC2CC3)ccc1C(F)(F)F. The summed E-state index contributed by atoms with van der Waals surface area (Å²) in [4.78, 5) is 2.37. The maximum atomic E-state index is 12.8. The van der Waals surface area contributed by atoms with E-state index >= 15 is 0 Å². The Morgan fingerprint density at radius 1 is 1.24 bits per heavy atom. The van der Waals surface area contributed by atoms with E-state index in [0.29, 0.717) is 11.6 Å². The molecule has 0 amide bonds. The van der Waals surface area contributed by atoms with Gasteiger partial charge in [0.2, 0.25) is 0 Å². The lowest BCUT2D eigenvalue weighted by molar-refractivity contribution is -0.137. The molecule has 2 bridgehead atoms. The van der Waals surface area contributed by atoms with Gasteiger partial charge in [-0.3, -0.25) is 0 Å². The summed E-state index contributed by atoms with van der Waals surface area (Å²) in [6.07, 6.45) is -2.23. The van der Waals surface area contributed by atoms with Crippen LogP contribution in [0.25, 0.3) is 0 Å². The molecule has 6 heteroatoms. The molecule has 3 nitrogen and oxygen atoms in total. The molecule has 3 aliphatic rings. The lowest BCUT2D eigenvalue weighted by Gasteiger charge is -2.45. The number of fused-ring (bicyclic) bond motifs is 3. The molecule has 1 aromatic rings. The van der Waals surface area contributed by atoms with Gasteiger partial charge in [-0.15, -0.1) is 0 Å². The Morgan fingerprint density at radius 3 is 2.48 bits per heavy atom. The molecule has 21 heavy (non-hydrogen) atoms. The van der Waals surface area contributed by atoms with Crippen molar-refractivity contribution in [3.8, 4) is 6.07 Å². The third kappa shape index (κ3) is 2.84. The number of anilines is 1. The maximum Gasteiger partial charge on any atom is 0.417 e. The molecule has 1 atom stereocenters. The maximum absolute atomic E-state index is 12.8. The van der Waals surface area contributed by atoms with Crippen LogP contribution in [0.2, 0.25) is 0 Å². The van der Waals surface area contributed by atoms with Crippen LogP contribution in [-0.2, 0) is 6.18 Å². The third-order valence-corrected chi connectivity index (χ3v) is 4.45. The fourth-order valence-electron chi connectivity index (χ4n) is 3.32. The molecule has 3 saturated heterocycles. The summed E-state index contributed by atoms with van der Waals surface area (Å²) in [6, 6.07) is 5.62. The monoisotopic (exact) mass is 295 g/mol. The second kappa shape index (κ2) is 5.23. The standard InChI is InChI=1S/C15H16F3N3/c16-15(17,18)13-2-1-12(7-11(13)8-19)20-14-9-21-5-3-10(14)4-6-21/h1-2,7,10,14,20H,3-6,9H2. The molecular formula is C15H16F3N3. The second-order valence-electron chi connectivity index (χ2n) is 5.76. The highest BCUT2D eigenvalue weighted by molar-refractivity contribution is 5.54. The normalized spacial score (nSPS) is 28.2. The van der Waals surface area contributed by atoms with Gasteiger partial charge in [0, 0.05) is 18.3 Å². The van der Waals surface area contributed by atoms with Gasteiger partial charge < -0.3 is 10.2 Å². The van der Waals surface area contributed by atoms with Gasteiger partial charge in [-0.2, -0.15) is 18.4 Å². The lowest BCUT2D eigenvalue weighted by atomic mass is 9.84. The number of hydrogen-bond donors (Lipinski definition) is 1. The zero-order chi connectivity index (χ0) is 15.0. The van der Waals surface area contributed by atoms with E-state index in [-0.39, 0.29) is 11.6 Å². The molecule has 1 N–H and O–H groups in total. The molecule has 112 valence electrons. The van der Waals surface area contributed by atoms with Crippen molar-refractivity contribution in [1.29, 1.82) is 5.26 Å². The summed E-state index contributed by atoms with van der Waals surface area (Å²) < 4.78 is 38.3. The molecule has 0 aliphatic carbocycles. The number of rotatable bonds is 2. The Labute approximate surface area is 121 Å². The number of nitriles is 1. The van der Waals surface area contributed by atoms with E-state index < -0.39 is 11.7 Å². The zero-order valence-electron chi connectivity index (χ0n) is 11.5. The highest BCUT2D eigenvalue weighted by Crippen LogP contribution is 2.34. The number of piperidine rings is 3. The van der Waals surface area contributed by atoms with Crippen molar-refractivity contribution in [3.05, 3.63) is 29.3 Å². The first-order valence-corrected chi connectivity index (χ1v) is 7.07. The molecule has 0 spiro atoms. The third-order valence-electron chi connectivity index (χ3n) is 4.45. The first-order valence-electron chi connectivity index (χ1n) is 7.07. The van der Waals surface area contributed by atoms with Gasteiger partial charge >= 0.3 is 6.18 Å². The number of nitrogens with one attached hydrogen (secondary N) is 1. The van der Waals surface area contributed by atoms with Crippen LogP contribution in [0.1, 0.15) is 24.0 Å². The second-order valence-corrected chi connectivity index (χ2v) is 5.76. The van der Waals surface area contributed by atoms with Crippen LogP contribution < -0.4 is 5.32 Å². The van der Waals surface area contributed by atoms with Crippen LogP contribution in [0.3, 0.4) is 0 Å². The molecule has 0 aromatic heterocycles. The Morgan fingerprint density at radius 2 is 1.95 bits per heavy atom. The van der Waals surface area contributed by atoms with Crippen LogP contribution in [-0.4, -0.2) is 30.6 Å². The Hall–Kier alpha value is -1.74. The summed E-state index contributed by atoms with van der Waals surface area (Å²) in [7, 11) is 0. The molecule has 3 heterocycles. The van der Waals surface area contributed by atoms with Gasteiger partial charge in [-0.05, 0) is 50.0 Å². The van der Waals surface area contributed by atoms with Crippen molar-refractivity contribution < 1.29 is 13.2 Å². The molecule has 0 saturated carbocycles. The van der Waals surface area contributed by atoms with Gasteiger partial charge in [0.1, 0.15) is 0 Å². The molecule has 4 rings (SSSR count). The van der Waals surface area contributed by atoms with Crippen molar-refractivity contribution in [1.82, 2.24) is 4.90 Å². The van der Waals surface area contributed by atoms with Crippen molar-refractivity contribution in [3.63, 3.8) is 0 Å². The molecule has 0 radical (unpaired) electrons. The predicted molar refractivity (Wildman–Crippen MR) is 72.7 cm³/mol. The van der Waals surface area contributed by atoms with Crippen molar-refractivity contribution in [2.75, 3.05) is 25.0 Å². The smallest absolute Gasteiger partial charge is 0.381 e. The minimum atomic E-state index is -4.49. The first-order chi connectivity index (χ1) is 9.97. The largest absolute Gasteiger partial charge is 0.417 e. The van der Waals surface area contributed by atoms with Crippen LogP contribution in [0, 0.1) is 17.2 Å². The quantitative estimate of drug-likeness (QED) is 0.911. The van der Waals surface area contributed by atoms with Gasteiger partial charge in [-0.1, -0.05) is 0 Å². The molecule has 3 fully saturated rings. The molecule has 1 aromatic carbocycles. The van der Waals surface area contributed by atoms with E-state index in [1.165, 1.54) is 12.1 Å². The average molecular weight is 295 g/mol.